The first-order valence-electron chi connectivity index (χ1n) is 16.8. The molecule has 0 saturated carbocycles. The number of pyridine rings is 1. The minimum atomic E-state index is -0.899. The van der Waals surface area contributed by atoms with E-state index in [1.54, 1.807) is 18.2 Å². The second-order valence-corrected chi connectivity index (χ2v) is 13.9. The van der Waals surface area contributed by atoms with E-state index in [4.69, 9.17) is 26.1 Å². The number of rotatable bonds is 5. The molecule has 0 spiro atoms. The van der Waals surface area contributed by atoms with E-state index in [1.807, 2.05) is 6.07 Å². The maximum Gasteiger partial charge on any atom is 0.319 e. The van der Waals surface area contributed by atoms with E-state index < -0.39 is 23.3 Å². The number of hydrogen-bond donors (Lipinski definition) is 1. The van der Waals surface area contributed by atoms with E-state index >= 15 is 8.78 Å². The number of fused-ring (bicyclic) bond motifs is 4. The highest BCUT2D eigenvalue weighted by atomic mass is 19.1. The molecule has 1 unspecified atom stereocenters. The fraction of sp³-hybridized carbons (Fsp3) is 0.486. The molecule has 8 rings (SSSR count). The molecule has 0 bridgehead atoms. The molecule has 0 amide bonds. The van der Waals surface area contributed by atoms with Gasteiger partial charge >= 0.3 is 6.01 Å². The smallest absolute Gasteiger partial charge is 0.319 e. The first-order valence-corrected chi connectivity index (χ1v) is 16.8. The second kappa shape index (κ2) is 11.3. The predicted molar refractivity (Wildman–Crippen MR) is 177 cm³/mol. The quantitative estimate of drug-likeness (QED) is 0.255. The van der Waals surface area contributed by atoms with Gasteiger partial charge in [-0.25, -0.2) is 18.2 Å². The van der Waals surface area contributed by atoms with Gasteiger partial charge in [0.1, 0.15) is 35.6 Å². The van der Waals surface area contributed by atoms with Crippen LogP contribution in [0, 0.1) is 29.9 Å². The van der Waals surface area contributed by atoms with Gasteiger partial charge < -0.3 is 15.0 Å². The van der Waals surface area contributed by atoms with Crippen LogP contribution in [0.4, 0.5) is 19.0 Å². The molecule has 47 heavy (non-hydrogen) atoms. The molecule has 0 radical (unpaired) electrons. The Morgan fingerprint density at radius 1 is 1.11 bits per heavy atom. The molecular formula is C37H39F3N6O. The third kappa shape index (κ3) is 4.68. The van der Waals surface area contributed by atoms with E-state index in [0.29, 0.717) is 52.7 Å². The summed E-state index contributed by atoms with van der Waals surface area (Å²) in [7, 11) is 0. The summed E-state index contributed by atoms with van der Waals surface area (Å²) in [6.45, 7) is 9.39. The molecule has 10 heteroatoms. The highest BCUT2D eigenvalue weighted by molar-refractivity contribution is 6.03. The van der Waals surface area contributed by atoms with E-state index in [0.717, 1.165) is 32.4 Å². The summed E-state index contributed by atoms with van der Waals surface area (Å²) in [5.74, 6) is 1.96. The zero-order chi connectivity index (χ0) is 32.6. The lowest BCUT2D eigenvalue weighted by atomic mass is 9.84. The van der Waals surface area contributed by atoms with Crippen LogP contribution in [0.25, 0.3) is 32.9 Å². The van der Waals surface area contributed by atoms with Crippen LogP contribution >= 0.6 is 0 Å². The Hall–Kier alpha value is -3.94. The van der Waals surface area contributed by atoms with E-state index in [9.17, 15) is 4.39 Å². The van der Waals surface area contributed by atoms with Crippen LogP contribution in [0.2, 0.25) is 0 Å². The van der Waals surface area contributed by atoms with Crippen molar-refractivity contribution in [2.75, 3.05) is 37.7 Å². The Labute approximate surface area is 272 Å². The number of terminal acetylenes is 1. The summed E-state index contributed by atoms with van der Waals surface area (Å²) in [5.41, 5.74) is 0.934. The second-order valence-electron chi connectivity index (χ2n) is 13.9. The lowest BCUT2D eigenvalue weighted by Crippen LogP contribution is -2.59. The van der Waals surface area contributed by atoms with Crippen LogP contribution < -0.4 is 15.0 Å². The van der Waals surface area contributed by atoms with Gasteiger partial charge in [-0.15, -0.1) is 6.42 Å². The molecule has 2 aromatic heterocycles. The highest BCUT2D eigenvalue weighted by Crippen LogP contribution is 2.46. The van der Waals surface area contributed by atoms with Crippen molar-refractivity contribution < 1.29 is 17.9 Å². The van der Waals surface area contributed by atoms with Gasteiger partial charge in [0.05, 0.1) is 22.2 Å². The number of aromatic nitrogens is 3. The summed E-state index contributed by atoms with van der Waals surface area (Å²) >= 11 is 0. The van der Waals surface area contributed by atoms with Crippen LogP contribution in [0.5, 0.6) is 6.01 Å². The molecule has 2 aromatic carbocycles. The molecule has 0 aliphatic carbocycles. The largest absolute Gasteiger partial charge is 0.461 e. The summed E-state index contributed by atoms with van der Waals surface area (Å²) in [5, 5.41) is 5.39. The number of nitrogens with one attached hydrogen (secondary N) is 1. The molecule has 4 aromatic rings. The Balaban J connectivity index is 1.36. The normalized spacial score (nSPS) is 28.7. The zero-order valence-electron chi connectivity index (χ0n) is 27.0. The van der Waals surface area contributed by atoms with Crippen molar-refractivity contribution in [3.05, 3.63) is 53.2 Å². The number of benzene rings is 2. The number of halogens is 3. The molecule has 3 saturated heterocycles. The number of piperazine rings is 1. The average molecular weight is 641 g/mol. The van der Waals surface area contributed by atoms with Gasteiger partial charge in [0.2, 0.25) is 0 Å². The third-order valence-electron chi connectivity index (χ3n) is 11.4. The maximum absolute atomic E-state index is 17.2. The van der Waals surface area contributed by atoms with Crippen molar-refractivity contribution >= 4 is 27.5 Å². The molecule has 3 fully saturated rings. The zero-order valence-corrected chi connectivity index (χ0v) is 27.0. The van der Waals surface area contributed by atoms with Gasteiger partial charge in [0.25, 0.3) is 0 Å². The SMILES string of the molecule is C#Cc1c(F)ccc2cccc(-c3nc4c5c(nc(OC[C@@]67CCCN6C[C@H](F)C7)nc5c3F)N3CC(CC)NC[C@@H]3[C@@H](C)[C@H]4C)c12. The first-order chi connectivity index (χ1) is 22.7. The number of nitrogens with zero attached hydrogens (tertiary/aromatic N) is 5. The minimum absolute atomic E-state index is 0.0657. The lowest BCUT2D eigenvalue weighted by molar-refractivity contribution is 0.107. The molecule has 6 atom stereocenters. The molecule has 4 aliphatic rings. The lowest BCUT2D eigenvalue weighted by Gasteiger charge is -2.43. The van der Waals surface area contributed by atoms with Crippen LogP contribution in [0.1, 0.15) is 63.6 Å². The van der Waals surface area contributed by atoms with Gasteiger partial charge in [0, 0.05) is 55.0 Å². The number of hydrogen-bond acceptors (Lipinski definition) is 7. The standard InChI is InChI=1S/C37H39F3N6O/c1-5-24-18-46-28(16-41-24)20(3)21(4)32-30-34(43-36(44-35(30)46)47-19-37-13-8-14-45(37)17-23(38)15-37)31(40)33(42-32)26-10-7-9-22-11-12-27(39)25(6-2)29(22)26/h2,7,9-12,20-21,23-24,28,41H,5,8,13-19H2,1,3-4H3/t20-,21+,23+,24?,28+,37-/m0/s1. The fourth-order valence-electron chi connectivity index (χ4n) is 8.69. The van der Waals surface area contributed by atoms with Gasteiger partial charge in [-0.05, 0) is 43.2 Å². The van der Waals surface area contributed by atoms with Gasteiger partial charge in [-0.1, -0.05) is 51.0 Å². The van der Waals surface area contributed by atoms with Crippen molar-refractivity contribution in [3.63, 3.8) is 0 Å². The molecule has 244 valence electrons. The maximum atomic E-state index is 17.2. The Kier molecular flexibility index (Phi) is 7.34. The van der Waals surface area contributed by atoms with Crippen molar-refractivity contribution in [2.24, 2.45) is 5.92 Å². The van der Waals surface area contributed by atoms with Crippen molar-refractivity contribution in [1.82, 2.24) is 25.2 Å². The predicted octanol–water partition coefficient (Wildman–Crippen LogP) is 6.37. The Morgan fingerprint density at radius 2 is 1.96 bits per heavy atom. The fourth-order valence-corrected chi connectivity index (χ4v) is 8.69. The van der Waals surface area contributed by atoms with Gasteiger partial charge in [-0.2, -0.15) is 9.97 Å². The van der Waals surface area contributed by atoms with E-state index in [2.05, 4.69) is 41.8 Å². The number of anilines is 1. The number of alkyl halides is 1. The van der Waals surface area contributed by atoms with E-state index in [1.165, 1.54) is 6.07 Å². The molecule has 6 heterocycles. The summed E-state index contributed by atoms with van der Waals surface area (Å²) in [6, 6.07) is 8.72. The summed E-state index contributed by atoms with van der Waals surface area (Å²) in [6.07, 6.45) is 8.05. The van der Waals surface area contributed by atoms with Crippen molar-refractivity contribution in [2.45, 2.75) is 76.2 Å². The van der Waals surface area contributed by atoms with Crippen LogP contribution in [-0.2, 0) is 0 Å². The summed E-state index contributed by atoms with van der Waals surface area (Å²) in [4.78, 5) is 19.3. The third-order valence-corrected chi connectivity index (χ3v) is 11.4. The minimum Gasteiger partial charge on any atom is -0.461 e. The number of ether oxygens (including phenoxy) is 1. The molecule has 1 N–H and O–H groups in total. The monoisotopic (exact) mass is 640 g/mol. The van der Waals surface area contributed by atoms with Crippen molar-refractivity contribution in [3.8, 4) is 29.6 Å². The topological polar surface area (TPSA) is 66.4 Å². The molecular weight excluding hydrogens is 601 g/mol. The molecule has 4 aliphatic heterocycles. The summed E-state index contributed by atoms with van der Waals surface area (Å²) < 4.78 is 53.2. The van der Waals surface area contributed by atoms with Crippen LogP contribution in [-0.4, -0.2) is 76.4 Å². The highest BCUT2D eigenvalue weighted by Gasteiger charge is 2.49. The Bertz CT molecular complexity index is 1950. The first kappa shape index (κ1) is 30.4. The van der Waals surface area contributed by atoms with Gasteiger partial charge in [0.15, 0.2) is 5.82 Å². The molecule has 7 nitrogen and oxygen atoms in total. The van der Waals surface area contributed by atoms with Crippen LogP contribution in [0.3, 0.4) is 0 Å². The van der Waals surface area contributed by atoms with E-state index in [-0.39, 0.29) is 53.3 Å². The average Bonchev–Trinajstić information content (AvgIpc) is 3.59. The van der Waals surface area contributed by atoms with Crippen molar-refractivity contribution in [1.29, 1.82) is 0 Å². The Morgan fingerprint density at radius 3 is 2.77 bits per heavy atom. The van der Waals surface area contributed by atoms with Crippen LogP contribution in [0.15, 0.2) is 30.3 Å². The van der Waals surface area contributed by atoms with Gasteiger partial charge in [-0.3, -0.25) is 4.90 Å².